The molecule has 0 amide bonds. The maximum Gasteiger partial charge on any atom is 0.257 e. The van der Waals surface area contributed by atoms with Crippen LogP contribution in [0.2, 0.25) is 0 Å². The zero-order valence-corrected chi connectivity index (χ0v) is 49.1. The zero-order valence-electron chi connectivity index (χ0n) is 48.3. The second-order valence-electron chi connectivity index (χ2n) is 27.2. The molecule has 0 spiro atoms. The summed E-state index contributed by atoms with van der Waals surface area (Å²) in [4.78, 5) is 8.18. The molecule has 9 aromatic carbocycles. The molecule has 0 bridgehead atoms. The van der Waals surface area contributed by atoms with Gasteiger partial charge in [-0.3, -0.25) is 0 Å². The minimum atomic E-state index is -0.200. The van der Waals surface area contributed by atoms with E-state index < -0.39 is 0 Å². The van der Waals surface area contributed by atoms with Crippen LogP contribution in [-0.4, -0.2) is 12.3 Å². The normalized spacial score (nSPS) is 18.7. The van der Waals surface area contributed by atoms with Crippen LogP contribution in [0.3, 0.4) is 0 Å². The minimum absolute atomic E-state index is 0.0145. The van der Waals surface area contributed by atoms with Crippen molar-refractivity contribution in [2.75, 3.05) is 14.7 Å². The second-order valence-corrected chi connectivity index (χ2v) is 28.3. The highest BCUT2D eigenvalue weighted by molar-refractivity contribution is 7.26. The van der Waals surface area contributed by atoms with E-state index in [0.717, 1.165) is 46.2 Å². The first-order chi connectivity index (χ1) is 38.3. The van der Waals surface area contributed by atoms with Crippen molar-refractivity contribution < 1.29 is 4.42 Å². The van der Waals surface area contributed by atoms with Gasteiger partial charge in [-0.2, -0.15) is 0 Å². The predicted octanol–water partition coefficient (Wildman–Crippen LogP) is 19.3. The van der Waals surface area contributed by atoms with Gasteiger partial charge in [0.15, 0.2) is 0 Å². The Morgan fingerprint density at radius 3 is 1.81 bits per heavy atom. The van der Waals surface area contributed by atoms with Crippen molar-refractivity contribution in [2.24, 2.45) is 0 Å². The molecule has 0 radical (unpaired) electrons. The van der Waals surface area contributed by atoms with Crippen LogP contribution in [0.25, 0.3) is 53.2 Å². The SMILES string of the molecule is CC(C)(C)c1ccc2c(c1)B1c3c(cc(N4c5ccc(C(C)(C)C)cc5C5(C)CCCCC45C)cc3N2c2cccc3sc4ccccc4c23)N(c2ccc(C(C)(C)C)cc2-c2ccccc2)c2ccc3c(oc4ccccc43)c21. The molecule has 1 saturated carbocycles. The molecule has 80 heavy (non-hydrogen) atoms. The predicted molar refractivity (Wildman–Crippen MR) is 345 cm³/mol. The highest BCUT2D eigenvalue weighted by Gasteiger charge is 2.58. The summed E-state index contributed by atoms with van der Waals surface area (Å²) in [5.74, 6) is 0. The third kappa shape index (κ3) is 7.00. The van der Waals surface area contributed by atoms with Gasteiger partial charge in [0, 0.05) is 76.0 Å². The van der Waals surface area contributed by atoms with Crippen LogP contribution in [0.15, 0.2) is 180 Å². The lowest BCUT2D eigenvalue weighted by Gasteiger charge is -2.51. The highest BCUT2D eigenvalue weighted by Crippen LogP contribution is 2.63. The summed E-state index contributed by atoms with van der Waals surface area (Å²) >= 11 is 1.90. The third-order valence-electron chi connectivity index (χ3n) is 19.5. The topological polar surface area (TPSA) is 22.9 Å². The number of anilines is 8. The zero-order chi connectivity index (χ0) is 55.0. The monoisotopic (exact) mass is 1060 g/mol. The first kappa shape index (κ1) is 49.5. The Kier molecular flexibility index (Phi) is 10.5. The molecule has 2 unspecified atom stereocenters. The second kappa shape index (κ2) is 17.0. The van der Waals surface area contributed by atoms with Crippen molar-refractivity contribution in [3.05, 3.63) is 198 Å². The van der Waals surface area contributed by atoms with Crippen LogP contribution < -0.4 is 31.1 Å². The number of furan rings is 1. The van der Waals surface area contributed by atoms with Crippen molar-refractivity contribution in [1.82, 2.24) is 0 Å². The van der Waals surface area contributed by atoms with E-state index >= 15 is 0 Å². The van der Waals surface area contributed by atoms with Crippen LogP contribution in [0.4, 0.5) is 45.5 Å². The Balaban J connectivity index is 1.13. The summed E-state index contributed by atoms with van der Waals surface area (Å²) in [6.07, 6.45) is 4.67. The van der Waals surface area contributed by atoms with E-state index in [1.807, 2.05) is 11.3 Å². The minimum Gasteiger partial charge on any atom is -0.457 e. The van der Waals surface area contributed by atoms with Gasteiger partial charge in [0.25, 0.3) is 6.71 Å². The molecular formula is C74H70BN3OS. The Morgan fingerprint density at radius 1 is 0.475 bits per heavy atom. The van der Waals surface area contributed by atoms with Gasteiger partial charge in [-0.25, -0.2) is 0 Å². The lowest BCUT2D eigenvalue weighted by atomic mass is 9.33. The number of hydrogen-bond donors (Lipinski definition) is 0. The van der Waals surface area contributed by atoms with Gasteiger partial charge in [0.1, 0.15) is 11.2 Å². The molecule has 0 N–H and O–H groups in total. The van der Waals surface area contributed by atoms with Crippen LogP contribution in [-0.2, 0) is 21.7 Å². The Hall–Kier alpha value is -7.54. The van der Waals surface area contributed by atoms with Crippen LogP contribution in [0.1, 0.15) is 124 Å². The first-order valence-corrected chi connectivity index (χ1v) is 30.1. The van der Waals surface area contributed by atoms with E-state index in [1.54, 1.807) is 0 Å². The van der Waals surface area contributed by atoms with Gasteiger partial charge in [-0.05, 0) is 153 Å². The van der Waals surface area contributed by atoms with E-state index in [-0.39, 0.29) is 33.9 Å². The lowest BCUT2D eigenvalue weighted by Crippen LogP contribution is -2.62. The first-order valence-electron chi connectivity index (χ1n) is 29.2. The van der Waals surface area contributed by atoms with E-state index in [0.29, 0.717) is 0 Å². The lowest BCUT2D eigenvalue weighted by molar-refractivity contribution is 0.195. The molecule has 6 heteroatoms. The number of para-hydroxylation sites is 1. The van der Waals surface area contributed by atoms with E-state index in [9.17, 15) is 0 Å². The van der Waals surface area contributed by atoms with Crippen LogP contribution >= 0.6 is 11.3 Å². The summed E-state index contributed by atoms with van der Waals surface area (Å²) in [5.41, 5.74) is 22.8. The summed E-state index contributed by atoms with van der Waals surface area (Å²) < 4.78 is 9.95. The van der Waals surface area contributed by atoms with Crippen molar-refractivity contribution in [2.45, 2.75) is 129 Å². The quantitative estimate of drug-likeness (QED) is 0.164. The number of hydrogen-bond acceptors (Lipinski definition) is 5. The molecule has 4 nitrogen and oxygen atoms in total. The Bertz CT molecular complexity index is 4390. The number of nitrogens with zero attached hydrogens (tertiary/aromatic N) is 3. The molecule has 1 aliphatic carbocycles. The average molecular weight is 1060 g/mol. The summed E-state index contributed by atoms with van der Waals surface area (Å²) in [5, 5.41) is 4.87. The molecule has 396 valence electrons. The number of benzene rings is 9. The van der Waals surface area contributed by atoms with Crippen molar-refractivity contribution in [3.8, 4) is 11.1 Å². The maximum absolute atomic E-state index is 7.36. The van der Waals surface area contributed by atoms with Gasteiger partial charge in [0.2, 0.25) is 0 Å². The standard InChI is InChI=1S/C74H70BN3OS/c1-70(2,3)46-30-34-56(53(40-46)45-22-13-12-14-23-45)76-60-37-33-51-50-24-15-17-27-63(50)79-69(51)68(60)75-55-42-48(72(7,8)9)32-36-58(55)77(59-26-21-29-65-66(59)52-25-16-18-28-64(52)80-65)62-44-49(43-61(76)67(62)75)78-57-35-31-47(71(4,5)6)41-54(57)73(10)38-19-20-39-74(73,78)11/h12-18,21-37,40-44H,19-20,38-39H2,1-11H3. The number of rotatable bonds is 4. The number of fused-ring (bicyclic) bond motifs is 14. The molecule has 1 fully saturated rings. The highest BCUT2D eigenvalue weighted by atomic mass is 32.1. The summed E-state index contributed by atoms with van der Waals surface area (Å²) in [6, 6.07) is 68.0. The Labute approximate surface area is 476 Å². The van der Waals surface area contributed by atoms with Gasteiger partial charge >= 0.3 is 0 Å². The van der Waals surface area contributed by atoms with E-state index in [4.69, 9.17) is 4.42 Å². The van der Waals surface area contributed by atoms with Crippen molar-refractivity contribution in [3.63, 3.8) is 0 Å². The van der Waals surface area contributed by atoms with Gasteiger partial charge in [-0.15, -0.1) is 11.3 Å². The van der Waals surface area contributed by atoms with Gasteiger partial charge in [0.05, 0.1) is 16.9 Å². The molecule has 5 heterocycles. The molecular weight excluding hydrogens is 990 g/mol. The summed E-state index contributed by atoms with van der Waals surface area (Å²) in [6.45, 7) is 26.2. The molecule has 3 aliphatic heterocycles. The van der Waals surface area contributed by atoms with Gasteiger partial charge < -0.3 is 19.1 Å². The fraction of sp³-hybridized carbons (Fsp3) is 0.270. The largest absolute Gasteiger partial charge is 0.457 e. The fourth-order valence-electron chi connectivity index (χ4n) is 15.0. The van der Waals surface area contributed by atoms with Crippen LogP contribution in [0.5, 0.6) is 0 Å². The fourth-order valence-corrected chi connectivity index (χ4v) is 16.1. The van der Waals surface area contributed by atoms with Gasteiger partial charge in [-0.1, -0.05) is 185 Å². The number of thiophene rings is 1. The van der Waals surface area contributed by atoms with E-state index in [1.165, 1.54) is 117 Å². The van der Waals surface area contributed by atoms with Crippen molar-refractivity contribution >= 4 is 122 Å². The third-order valence-corrected chi connectivity index (χ3v) is 20.6. The molecule has 2 atom stereocenters. The smallest absolute Gasteiger partial charge is 0.257 e. The Morgan fingerprint density at radius 2 is 1.07 bits per heavy atom. The molecule has 2 aromatic heterocycles. The molecule has 15 rings (SSSR count). The average Bonchev–Trinajstić information content (AvgIpc) is 2.00. The molecule has 0 saturated heterocycles. The van der Waals surface area contributed by atoms with E-state index in [2.05, 4.69) is 267 Å². The molecule has 4 aliphatic rings. The van der Waals surface area contributed by atoms with Crippen LogP contribution in [0, 0.1) is 0 Å². The molecule has 11 aromatic rings. The maximum atomic E-state index is 7.36. The summed E-state index contributed by atoms with van der Waals surface area (Å²) in [7, 11) is 0. The van der Waals surface area contributed by atoms with Crippen molar-refractivity contribution in [1.29, 1.82) is 0 Å².